The zero-order valence-electron chi connectivity index (χ0n) is 17.9. The molecular formula is C22H34N4O3. The van der Waals surface area contributed by atoms with Crippen LogP contribution in [-0.2, 0) is 4.74 Å². The van der Waals surface area contributed by atoms with E-state index in [1.807, 2.05) is 29.2 Å². The van der Waals surface area contributed by atoms with Crippen molar-refractivity contribution in [2.45, 2.75) is 26.8 Å². The van der Waals surface area contributed by atoms with Gasteiger partial charge in [-0.1, -0.05) is 13.8 Å². The maximum atomic E-state index is 12.7. The summed E-state index contributed by atoms with van der Waals surface area (Å²) in [7, 11) is 0. The van der Waals surface area contributed by atoms with Gasteiger partial charge in [-0.3, -0.25) is 9.69 Å². The number of benzene rings is 1. The lowest BCUT2D eigenvalue weighted by atomic mass is 10.0. The number of hydrogen-bond donors (Lipinski definition) is 1. The molecule has 0 spiro atoms. The largest absolute Gasteiger partial charge is 0.379 e. The highest BCUT2D eigenvalue weighted by atomic mass is 16.5. The molecule has 2 heterocycles. The Kier molecular flexibility index (Phi) is 7.50. The molecule has 0 aliphatic carbocycles. The predicted molar refractivity (Wildman–Crippen MR) is 115 cm³/mol. The zero-order valence-corrected chi connectivity index (χ0v) is 17.9. The Morgan fingerprint density at radius 2 is 1.62 bits per heavy atom. The number of ether oxygens (including phenoxy) is 1. The lowest BCUT2D eigenvalue weighted by molar-refractivity contribution is 0.00693. The molecule has 7 nitrogen and oxygen atoms in total. The molecule has 1 aromatic carbocycles. The van der Waals surface area contributed by atoms with Gasteiger partial charge >= 0.3 is 6.03 Å². The highest BCUT2D eigenvalue weighted by Crippen LogP contribution is 2.18. The summed E-state index contributed by atoms with van der Waals surface area (Å²) in [5.74, 6) is 0.554. The number of nitrogens with one attached hydrogen (secondary N) is 1. The second-order valence-corrected chi connectivity index (χ2v) is 8.22. The summed E-state index contributed by atoms with van der Waals surface area (Å²) in [5.41, 5.74) is 1.83. The maximum absolute atomic E-state index is 12.7. The Hall–Kier alpha value is -2.12. The summed E-state index contributed by atoms with van der Waals surface area (Å²) < 4.78 is 5.46. The van der Waals surface area contributed by atoms with Gasteiger partial charge in [0.2, 0.25) is 0 Å². The van der Waals surface area contributed by atoms with E-state index >= 15 is 0 Å². The molecule has 0 saturated carbocycles. The van der Waals surface area contributed by atoms with E-state index in [0.29, 0.717) is 31.6 Å². The van der Waals surface area contributed by atoms with Gasteiger partial charge in [0.05, 0.1) is 13.2 Å². The molecule has 2 amide bonds. The standard InChI is InChI=1S/C22H34N4O3/c1-17(2)21(25-12-14-29-15-13-25)16-23-22(28)26-10-8-24(9-11-26)20-6-4-19(5-7-20)18(3)27/h4-7,17,21H,8-16H2,1-3H3,(H,23,28)/t21-/m1/s1. The van der Waals surface area contributed by atoms with Crippen molar-refractivity contribution < 1.29 is 14.3 Å². The van der Waals surface area contributed by atoms with Crippen molar-refractivity contribution >= 4 is 17.5 Å². The van der Waals surface area contributed by atoms with Crippen LogP contribution in [0.4, 0.5) is 10.5 Å². The molecule has 2 saturated heterocycles. The van der Waals surface area contributed by atoms with E-state index in [1.54, 1.807) is 6.92 Å². The normalized spacial score (nSPS) is 19.3. The molecule has 1 N–H and O–H groups in total. The monoisotopic (exact) mass is 402 g/mol. The fraction of sp³-hybridized carbons (Fsp3) is 0.636. The molecule has 0 unspecified atom stereocenters. The Morgan fingerprint density at radius 3 is 2.17 bits per heavy atom. The van der Waals surface area contributed by atoms with Gasteiger partial charge in [0.15, 0.2) is 5.78 Å². The SMILES string of the molecule is CC(=O)c1ccc(N2CCN(C(=O)NC[C@H](C(C)C)N3CCOCC3)CC2)cc1. The molecule has 2 aliphatic rings. The number of rotatable bonds is 6. The van der Waals surface area contributed by atoms with Crippen molar-refractivity contribution in [3.8, 4) is 0 Å². The summed E-state index contributed by atoms with van der Waals surface area (Å²) >= 11 is 0. The predicted octanol–water partition coefficient (Wildman–Crippen LogP) is 2.08. The molecule has 1 atom stereocenters. The summed E-state index contributed by atoms with van der Waals surface area (Å²) in [4.78, 5) is 30.7. The van der Waals surface area contributed by atoms with Gasteiger partial charge in [-0.2, -0.15) is 0 Å². The van der Waals surface area contributed by atoms with E-state index in [4.69, 9.17) is 4.74 Å². The fourth-order valence-electron chi connectivity index (χ4n) is 4.07. The van der Waals surface area contributed by atoms with Gasteiger partial charge in [0, 0.05) is 63.1 Å². The number of amides is 2. The average molecular weight is 403 g/mol. The van der Waals surface area contributed by atoms with Gasteiger partial charge in [0.1, 0.15) is 0 Å². The van der Waals surface area contributed by atoms with E-state index < -0.39 is 0 Å². The van der Waals surface area contributed by atoms with Crippen LogP contribution in [0.3, 0.4) is 0 Å². The first-order chi connectivity index (χ1) is 14.0. The number of nitrogens with zero attached hydrogens (tertiary/aromatic N) is 3. The van der Waals surface area contributed by atoms with Gasteiger partial charge in [0.25, 0.3) is 0 Å². The van der Waals surface area contributed by atoms with Crippen LogP contribution in [0.2, 0.25) is 0 Å². The van der Waals surface area contributed by atoms with Crippen molar-refractivity contribution in [3.63, 3.8) is 0 Å². The molecule has 1 aromatic rings. The second kappa shape index (κ2) is 10.1. The van der Waals surface area contributed by atoms with Crippen LogP contribution in [0.1, 0.15) is 31.1 Å². The molecule has 29 heavy (non-hydrogen) atoms. The quantitative estimate of drug-likeness (QED) is 0.738. The van der Waals surface area contributed by atoms with E-state index in [1.165, 1.54) is 0 Å². The van der Waals surface area contributed by atoms with Gasteiger partial charge in [-0.05, 0) is 37.1 Å². The van der Waals surface area contributed by atoms with Crippen LogP contribution in [0.5, 0.6) is 0 Å². The third kappa shape index (κ3) is 5.70. The van der Waals surface area contributed by atoms with E-state index in [9.17, 15) is 9.59 Å². The second-order valence-electron chi connectivity index (χ2n) is 8.22. The molecule has 2 aliphatic heterocycles. The smallest absolute Gasteiger partial charge is 0.317 e. The molecule has 2 fully saturated rings. The van der Waals surface area contributed by atoms with Gasteiger partial charge in [-0.15, -0.1) is 0 Å². The van der Waals surface area contributed by atoms with Crippen molar-refractivity contribution in [2.24, 2.45) is 5.92 Å². The van der Waals surface area contributed by atoms with Crippen LogP contribution in [0.15, 0.2) is 24.3 Å². The van der Waals surface area contributed by atoms with Crippen LogP contribution in [0, 0.1) is 5.92 Å². The van der Waals surface area contributed by atoms with Crippen molar-refractivity contribution in [1.29, 1.82) is 0 Å². The summed E-state index contributed by atoms with van der Waals surface area (Å²) in [6.45, 7) is 13.1. The number of hydrogen-bond acceptors (Lipinski definition) is 5. The number of carbonyl (C=O) groups excluding carboxylic acids is 2. The molecule has 0 bridgehead atoms. The number of ketones is 1. The van der Waals surface area contributed by atoms with Crippen molar-refractivity contribution in [3.05, 3.63) is 29.8 Å². The van der Waals surface area contributed by atoms with Crippen LogP contribution < -0.4 is 10.2 Å². The first kappa shape index (κ1) is 21.6. The van der Waals surface area contributed by atoms with Crippen molar-refractivity contribution in [2.75, 3.05) is 63.9 Å². The Morgan fingerprint density at radius 1 is 1.00 bits per heavy atom. The van der Waals surface area contributed by atoms with Crippen LogP contribution in [-0.4, -0.2) is 86.7 Å². The molecular weight excluding hydrogens is 368 g/mol. The molecule has 160 valence electrons. The zero-order chi connectivity index (χ0) is 20.8. The molecule has 0 aromatic heterocycles. The number of urea groups is 1. The number of carbonyl (C=O) groups is 2. The number of piperazine rings is 1. The maximum Gasteiger partial charge on any atom is 0.317 e. The number of Topliss-reactive ketones (excluding diaryl/α,β-unsaturated/α-hetero) is 1. The van der Waals surface area contributed by atoms with Crippen molar-refractivity contribution in [1.82, 2.24) is 15.1 Å². The lowest BCUT2D eigenvalue weighted by Crippen LogP contribution is -2.55. The first-order valence-electron chi connectivity index (χ1n) is 10.7. The summed E-state index contributed by atoms with van der Waals surface area (Å²) in [5, 5.41) is 3.15. The fourth-order valence-corrected chi connectivity index (χ4v) is 4.07. The minimum Gasteiger partial charge on any atom is -0.379 e. The minimum atomic E-state index is 0.0236. The van der Waals surface area contributed by atoms with Crippen LogP contribution in [0.25, 0.3) is 0 Å². The topological polar surface area (TPSA) is 65.1 Å². The number of morpholine rings is 1. The Bertz CT molecular complexity index is 678. The Labute approximate surface area is 174 Å². The van der Waals surface area contributed by atoms with Crippen LogP contribution >= 0.6 is 0 Å². The third-order valence-electron chi connectivity index (χ3n) is 5.95. The highest BCUT2D eigenvalue weighted by molar-refractivity contribution is 5.94. The van der Waals surface area contributed by atoms with Gasteiger partial charge < -0.3 is 19.9 Å². The lowest BCUT2D eigenvalue weighted by Gasteiger charge is -2.38. The minimum absolute atomic E-state index is 0.0236. The van der Waals surface area contributed by atoms with E-state index in [0.717, 1.165) is 50.6 Å². The molecule has 0 radical (unpaired) electrons. The molecule has 3 rings (SSSR count). The average Bonchev–Trinajstić information content (AvgIpc) is 2.74. The summed E-state index contributed by atoms with van der Waals surface area (Å²) in [6, 6.07) is 8.08. The van der Waals surface area contributed by atoms with Gasteiger partial charge in [-0.25, -0.2) is 4.79 Å². The number of anilines is 1. The molecule has 7 heteroatoms. The summed E-state index contributed by atoms with van der Waals surface area (Å²) in [6.07, 6.45) is 0. The Balaban J connectivity index is 1.47. The first-order valence-corrected chi connectivity index (χ1v) is 10.7. The third-order valence-corrected chi connectivity index (χ3v) is 5.95. The van der Waals surface area contributed by atoms with E-state index in [2.05, 4.69) is 29.0 Å². The highest BCUT2D eigenvalue weighted by Gasteiger charge is 2.26. The van der Waals surface area contributed by atoms with E-state index in [-0.39, 0.29) is 11.8 Å².